The van der Waals surface area contributed by atoms with Gasteiger partial charge in [-0.3, -0.25) is 9.59 Å². The molecule has 0 N–H and O–H groups in total. The van der Waals surface area contributed by atoms with E-state index in [4.69, 9.17) is 44.7 Å². The molecule has 5 aliphatic rings. The summed E-state index contributed by atoms with van der Waals surface area (Å²) in [6.45, 7) is 44.3. The smallest absolute Gasteiger partial charge is 0.252 e. The number of Topliss-reactive ketones (excluding diaryl/α,β-unsaturated/α-hetero) is 2. The van der Waals surface area contributed by atoms with Crippen LogP contribution in [-0.4, -0.2) is 32.6 Å². The molecule has 0 radical (unpaired) electrons. The van der Waals surface area contributed by atoms with Crippen LogP contribution in [0.4, 0.5) is 59.7 Å². The first-order chi connectivity index (χ1) is 51.0. The number of allylic oxidation sites excluding steroid dienone is 6. The highest BCUT2D eigenvalue weighted by atomic mass is 19.2. The van der Waals surface area contributed by atoms with Gasteiger partial charge in [0.2, 0.25) is 29.9 Å². The average Bonchev–Trinajstić information content (AvgIpc) is 1.56. The summed E-state index contributed by atoms with van der Waals surface area (Å²) in [5.74, 6) is -23.4. The normalized spacial score (nSPS) is 19.7. The molecule has 8 unspecified atom stereocenters. The van der Waals surface area contributed by atoms with Gasteiger partial charge in [-0.2, -0.15) is 63.5 Å². The Morgan fingerprint density at radius 1 is 0.486 bits per heavy atom. The molecule has 3 saturated carbocycles. The highest BCUT2D eigenvalue weighted by Crippen LogP contribution is 2.60. The lowest BCUT2D eigenvalue weighted by Gasteiger charge is -2.33. The minimum atomic E-state index is -2.11. The number of nitrogens with zero attached hydrogens (tertiary/aromatic N) is 15. The predicted octanol–water partition coefficient (Wildman–Crippen LogP) is 17.7. The Kier molecular flexibility index (Phi) is 21.1. The van der Waals surface area contributed by atoms with Crippen LogP contribution in [0.2, 0.25) is 0 Å². The lowest BCUT2D eigenvalue weighted by molar-refractivity contribution is -0.127. The molecule has 28 heteroatoms. The topological polar surface area (TPSA) is 242 Å². The van der Waals surface area contributed by atoms with E-state index in [0.29, 0.717) is 24.1 Å². The van der Waals surface area contributed by atoms with Gasteiger partial charge in [0.25, 0.3) is 23.8 Å². The second-order valence-electron chi connectivity index (χ2n) is 23.8. The number of nitriles is 6. The van der Waals surface area contributed by atoms with Crippen molar-refractivity contribution < 1.29 is 57.9 Å². The van der Waals surface area contributed by atoms with Crippen molar-refractivity contribution in [3.05, 3.63) is 320 Å². The molecular weight excluding hydrogens is 1400 g/mol. The number of carbonyl (C=O) groups excluding carboxylic acids is 2. The van der Waals surface area contributed by atoms with E-state index in [0.717, 1.165) is 17.2 Å². The number of pyridine rings is 3. The maximum Gasteiger partial charge on any atom is 0.252 e. The largest absolute Gasteiger partial charge is 0.312 e. The van der Waals surface area contributed by atoms with Crippen LogP contribution in [0, 0.1) is 202 Å². The Morgan fingerprint density at radius 2 is 0.953 bits per heavy atom. The summed E-state index contributed by atoms with van der Waals surface area (Å²) >= 11 is 0. The third-order valence-electron chi connectivity index (χ3n) is 18.8. The Labute approximate surface area is 600 Å². The highest BCUT2D eigenvalue weighted by Gasteiger charge is 2.63. The second kappa shape index (κ2) is 30.3. The lowest BCUT2D eigenvalue weighted by atomic mass is 9.68. The molecule has 17 nitrogen and oxygen atoms in total. The molecule has 0 bridgehead atoms. The van der Waals surface area contributed by atoms with E-state index in [1.807, 2.05) is 12.1 Å². The molecule has 3 fully saturated rings. The summed E-state index contributed by atoms with van der Waals surface area (Å²) in [6, 6.07) is 37.2. The quantitative estimate of drug-likeness (QED) is 0.0629. The first-order valence-corrected chi connectivity index (χ1v) is 30.7. The molecule has 5 aromatic carbocycles. The molecular formula is C79H36F11N15O2. The van der Waals surface area contributed by atoms with E-state index < -0.39 is 140 Å². The first-order valence-electron chi connectivity index (χ1n) is 30.7. The van der Waals surface area contributed by atoms with Crippen LogP contribution in [0.3, 0.4) is 0 Å². The van der Waals surface area contributed by atoms with Crippen molar-refractivity contribution in [3.63, 3.8) is 0 Å². The minimum Gasteiger partial charge on any atom is -0.312 e. The number of benzene rings is 5. The lowest BCUT2D eigenvalue weighted by Crippen LogP contribution is -2.35. The van der Waals surface area contributed by atoms with Crippen molar-refractivity contribution in [2.75, 3.05) is 0 Å². The van der Waals surface area contributed by atoms with E-state index in [1.165, 1.54) is 60.7 Å². The average molecular weight is 1440 g/mol. The Morgan fingerprint density at radius 3 is 1.46 bits per heavy atom. The number of fused-ring (bicyclic) bond motifs is 4. The molecule has 3 aromatic heterocycles. The van der Waals surface area contributed by atoms with E-state index in [1.54, 1.807) is 54.6 Å². The fourth-order valence-electron chi connectivity index (χ4n) is 14.2. The van der Waals surface area contributed by atoms with Crippen LogP contribution in [-0.2, 0) is 16.1 Å². The Bertz CT molecular complexity index is 5750. The molecule has 0 aliphatic heterocycles. The third-order valence-corrected chi connectivity index (χ3v) is 18.8. The number of hydrogen-bond acceptors (Lipinski definition) is 11. The van der Waals surface area contributed by atoms with Crippen LogP contribution in [0.15, 0.2) is 109 Å². The molecule has 3 heterocycles. The van der Waals surface area contributed by atoms with Gasteiger partial charge in [0, 0.05) is 34.5 Å². The van der Waals surface area contributed by atoms with Gasteiger partial charge in [0.1, 0.15) is 35.5 Å². The van der Waals surface area contributed by atoms with E-state index in [9.17, 15) is 66.6 Å². The maximum absolute atomic E-state index is 15.9. The molecule has 0 saturated heterocycles. The zero-order chi connectivity index (χ0) is 76.4. The van der Waals surface area contributed by atoms with E-state index in [-0.39, 0.29) is 110 Å². The number of ketones is 2. The van der Waals surface area contributed by atoms with Crippen LogP contribution in [0.25, 0.3) is 73.9 Å². The molecule has 8 atom stereocenters. The van der Waals surface area contributed by atoms with Crippen molar-refractivity contribution in [2.24, 2.45) is 29.6 Å². The molecule has 516 valence electrons. The molecule has 0 amide bonds. The van der Waals surface area contributed by atoms with Gasteiger partial charge in [-0.15, -0.1) is 0 Å². The number of aromatic nitrogens is 3. The van der Waals surface area contributed by atoms with Gasteiger partial charge in [-0.25, -0.2) is 63.9 Å². The minimum absolute atomic E-state index is 0. The number of rotatable bonds is 7. The van der Waals surface area contributed by atoms with Gasteiger partial charge in [0.05, 0.1) is 89.7 Å². The van der Waals surface area contributed by atoms with Crippen LogP contribution < -0.4 is 0 Å². The summed E-state index contributed by atoms with van der Waals surface area (Å²) < 4.78 is 156. The zero-order valence-corrected chi connectivity index (χ0v) is 53.3. The standard InChI is InChI=1S/C43H10F7N9.C28H20N4O2.C7H2F4N2.CH4/c1-55-21-10-8-20(9-11-21)30-32(40(57-3)34-35(44)28(17-54)58-41(48)38(34)47)24-12-22-23(13-25(24)39(30)56-2)31(27(16-53)33-36(45)42(49)59-43(50)37(33)46)29(26(22)15-52)19-6-4-18(14-51)5-7-19;1-31-18-9-7-17(8-10-18)25-26(32-2)20-12-21-19(11-22(20)28(25)34)23(14-30)24(27(21)33)16-5-3-15(13-29)4-6-16;1-12-2-3-4(8)6(10)13-7(11)5(3)9;/h4-13H;3-10,19-26H,11-12H2;2H2;1H4/b31-27+,40-32-;;;. The van der Waals surface area contributed by atoms with Crippen LogP contribution >= 0.6 is 0 Å². The van der Waals surface area contributed by atoms with E-state index in [2.05, 4.69) is 56.2 Å². The third kappa shape index (κ3) is 12.7. The summed E-state index contributed by atoms with van der Waals surface area (Å²) in [4.78, 5) is 55.1. The van der Waals surface area contributed by atoms with Gasteiger partial charge in [-0.05, 0) is 99.2 Å². The van der Waals surface area contributed by atoms with Crippen LogP contribution in [0.1, 0.15) is 110 Å². The van der Waals surface area contributed by atoms with Gasteiger partial charge < -0.3 is 9.69 Å². The first kappa shape index (κ1) is 74.6. The fraction of sp³-hybridized carbons (Fsp3) is 0.152. The van der Waals surface area contributed by atoms with E-state index >= 15 is 17.6 Å². The van der Waals surface area contributed by atoms with Crippen molar-refractivity contribution in [2.45, 2.75) is 44.7 Å². The summed E-state index contributed by atoms with van der Waals surface area (Å²) in [7, 11) is 0. The summed E-state index contributed by atoms with van der Waals surface area (Å²) in [5.41, 5.74) is -6.94. The maximum atomic E-state index is 15.9. The Balaban J connectivity index is 0.000000212. The molecule has 107 heavy (non-hydrogen) atoms. The summed E-state index contributed by atoms with van der Waals surface area (Å²) in [6.07, 6.45) is 0.905. The van der Waals surface area contributed by atoms with Gasteiger partial charge in [-0.1, -0.05) is 86.3 Å². The van der Waals surface area contributed by atoms with Crippen molar-refractivity contribution in [3.8, 4) is 36.4 Å². The molecule has 0 spiro atoms. The Hall–Kier alpha value is -15.0. The summed E-state index contributed by atoms with van der Waals surface area (Å²) in [5, 5.41) is 59.2. The fourth-order valence-corrected chi connectivity index (χ4v) is 14.2. The van der Waals surface area contributed by atoms with Crippen molar-refractivity contribution in [1.29, 1.82) is 31.6 Å². The van der Waals surface area contributed by atoms with Gasteiger partial charge >= 0.3 is 0 Å². The molecule has 13 rings (SSSR count). The zero-order valence-electron chi connectivity index (χ0n) is 53.3. The monoisotopic (exact) mass is 1440 g/mol. The number of halogens is 11. The van der Waals surface area contributed by atoms with Crippen molar-refractivity contribution >= 4 is 67.8 Å². The predicted molar refractivity (Wildman–Crippen MR) is 358 cm³/mol. The highest BCUT2D eigenvalue weighted by molar-refractivity contribution is 6.33. The van der Waals surface area contributed by atoms with Crippen LogP contribution in [0.5, 0.6) is 0 Å². The second-order valence-corrected chi connectivity index (χ2v) is 23.8. The SMILES string of the molecule is C.[C-]#[N+]C1=C(c2ccc([N+]#[C-])cc2)/C(=C(\[N+]#[C-])c2c(F)c(F)nc(C#N)c2F)c2cc3c(cc21)/C(=C(/C#N)c1c(F)c(F)nc(F)c1F)C(c1ccc(C#N)cc1)=C3C#N.[C-]#[N+]Cc1c(F)c(F)nc(F)c1F.[C-]#[N+]c1ccc(C2C(=O)C3CC4C(CC3C2[N+]#[C-])C(=O)C(c2ccc(C#N)cc2)C4C#N)cc1. The molecule has 8 aromatic rings. The van der Waals surface area contributed by atoms with Crippen molar-refractivity contribution in [1.82, 2.24) is 15.0 Å². The molecule has 5 aliphatic carbocycles. The van der Waals surface area contributed by atoms with Gasteiger partial charge in [0.15, 0.2) is 57.8 Å². The number of hydrogen-bond donors (Lipinski definition) is 0. The number of carbonyl (C=O) groups is 2.